The molecule has 0 aliphatic rings. The predicted octanol–water partition coefficient (Wildman–Crippen LogP) is 3.33. The zero-order valence-corrected chi connectivity index (χ0v) is 13.0. The van der Waals surface area contributed by atoms with Gasteiger partial charge in [0.05, 0.1) is 10.8 Å². The Morgan fingerprint density at radius 2 is 2.12 bits per heavy atom. The van der Waals surface area contributed by atoms with E-state index in [4.69, 9.17) is 0 Å². The van der Waals surface area contributed by atoms with E-state index in [1.165, 1.54) is 0 Å². The minimum atomic E-state index is -0.933. The summed E-state index contributed by atoms with van der Waals surface area (Å²) in [6, 6.07) is 8.15. The molecule has 0 bridgehead atoms. The zero-order valence-electron chi connectivity index (χ0n) is 10.6. The van der Waals surface area contributed by atoms with E-state index in [0.29, 0.717) is 6.04 Å². The molecule has 96 valence electrons. The van der Waals surface area contributed by atoms with Gasteiger partial charge in [0.15, 0.2) is 0 Å². The molecular weight excluding hydrogens is 298 g/mol. The molecule has 0 amide bonds. The molecule has 4 heteroatoms. The molecular formula is C13H20BrNOS. The van der Waals surface area contributed by atoms with E-state index in [2.05, 4.69) is 35.1 Å². The lowest BCUT2D eigenvalue weighted by molar-refractivity contribution is 0.524. The van der Waals surface area contributed by atoms with E-state index in [-0.39, 0.29) is 5.25 Å². The van der Waals surface area contributed by atoms with Gasteiger partial charge in [-0.1, -0.05) is 35.8 Å². The molecule has 1 aromatic rings. The smallest absolute Gasteiger partial charge is 0.0559 e. The third-order valence-corrected chi connectivity index (χ3v) is 4.77. The van der Waals surface area contributed by atoms with Crippen LogP contribution in [0, 0.1) is 0 Å². The molecule has 1 aromatic carbocycles. The van der Waals surface area contributed by atoms with Crippen LogP contribution in [0.1, 0.15) is 27.2 Å². The van der Waals surface area contributed by atoms with Crippen molar-refractivity contribution in [3.8, 4) is 0 Å². The summed E-state index contributed by atoms with van der Waals surface area (Å²) >= 11 is 3.41. The van der Waals surface area contributed by atoms with E-state index < -0.39 is 10.8 Å². The van der Waals surface area contributed by atoms with E-state index in [9.17, 15) is 4.21 Å². The molecule has 0 aromatic heterocycles. The van der Waals surface area contributed by atoms with Gasteiger partial charge in [-0.25, -0.2) is 0 Å². The monoisotopic (exact) mass is 317 g/mol. The number of nitrogens with one attached hydrogen (secondary N) is 1. The van der Waals surface area contributed by atoms with E-state index >= 15 is 0 Å². The first-order chi connectivity index (χ1) is 8.04. The number of halogens is 1. The Balaban J connectivity index is 2.63. The van der Waals surface area contributed by atoms with Crippen molar-refractivity contribution < 1.29 is 4.21 Å². The maximum Gasteiger partial charge on any atom is 0.0559 e. The second-order valence-corrected chi connectivity index (χ2v) is 7.05. The molecule has 0 aliphatic carbocycles. The molecule has 0 radical (unpaired) electrons. The Labute approximate surface area is 115 Å². The first kappa shape index (κ1) is 14.9. The topological polar surface area (TPSA) is 29.1 Å². The van der Waals surface area contributed by atoms with Crippen molar-refractivity contribution in [2.24, 2.45) is 0 Å². The average Bonchev–Trinajstić information content (AvgIpc) is 2.28. The Hall–Kier alpha value is -0.190. The lowest BCUT2D eigenvalue weighted by atomic mass is 10.2. The summed E-state index contributed by atoms with van der Waals surface area (Å²) in [5, 5.41) is 3.52. The van der Waals surface area contributed by atoms with Crippen LogP contribution in [0.3, 0.4) is 0 Å². The summed E-state index contributed by atoms with van der Waals surface area (Å²) in [6.45, 7) is 7.23. The number of hydrogen-bond donors (Lipinski definition) is 1. The summed E-state index contributed by atoms with van der Waals surface area (Å²) in [4.78, 5) is 0.899. The van der Waals surface area contributed by atoms with Gasteiger partial charge in [0, 0.05) is 20.7 Å². The van der Waals surface area contributed by atoms with Crippen LogP contribution in [0.5, 0.6) is 0 Å². The second-order valence-electron chi connectivity index (χ2n) is 4.26. The van der Waals surface area contributed by atoms with Crippen molar-refractivity contribution in [2.45, 2.75) is 43.4 Å². The van der Waals surface area contributed by atoms with Crippen LogP contribution in [0.4, 0.5) is 0 Å². The Kier molecular flexibility index (Phi) is 6.38. The van der Waals surface area contributed by atoms with Crippen molar-refractivity contribution in [3.63, 3.8) is 0 Å². The first-order valence-corrected chi connectivity index (χ1v) is 7.94. The largest absolute Gasteiger partial charge is 0.314 e. The van der Waals surface area contributed by atoms with Gasteiger partial charge in [-0.3, -0.25) is 4.21 Å². The molecule has 3 atom stereocenters. The molecule has 0 spiro atoms. The predicted molar refractivity (Wildman–Crippen MR) is 77.8 cm³/mol. The third-order valence-electron chi connectivity index (χ3n) is 2.63. The van der Waals surface area contributed by atoms with Gasteiger partial charge in [-0.2, -0.15) is 0 Å². The fourth-order valence-electron chi connectivity index (χ4n) is 1.84. The van der Waals surface area contributed by atoms with Gasteiger partial charge in [0.25, 0.3) is 0 Å². The lowest BCUT2D eigenvalue weighted by Crippen LogP contribution is -2.30. The Morgan fingerprint density at radius 3 is 2.71 bits per heavy atom. The van der Waals surface area contributed by atoms with Crippen LogP contribution in [0.15, 0.2) is 33.6 Å². The fourth-order valence-corrected chi connectivity index (χ4v) is 3.78. The van der Waals surface area contributed by atoms with Crippen molar-refractivity contribution in [3.05, 3.63) is 28.7 Å². The summed E-state index contributed by atoms with van der Waals surface area (Å²) < 4.78 is 13.3. The van der Waals surface area contributed by atoms with Gasteiger partial charge in [-0.05, 0) is 38.1 Å². The molecule has 0 aliphatic heterocycles. The lowest BCUT2D eigenvalue weighted by Gasteiger charge is -2.17. The number of hydrogen-bond acceptors (Lipinski definition) is 2. The standard InChI is InChI=1S/C13H20BrNOS/c1-4-15-10(2)8-11(3)17(16)13-7-5-6-12(14)9-13/h5-7,9-11,15H,4,8H2,1-3H3. The van der Waals surface area contributed by atoms with E-state index in [0.717, 1.165) is 22.3 Å². The Morgan fingerprint density at radius 1 is 1.41 bits per heavy atom. The van der Waals surface area contributed by atoms with Crippen molar-refractivity contribution in [1.29, 1.82) is 0 Å². The highest BCUT2D eigenvalue weighted by Gasteiger charge is 2.16. The average molecular weight is 318 g/mol. The van der Waals surface area contributed by atoms with Gasteiger partial charge in [0.1, 0.15) is 0 Å². The highest BCUT2D eigenvalue weighted by atomic mass is 79.9. The van der Waals surface area contributed by atoms with Crippen LogP contribution >= 0.6 is 15.9 Å². The molecule has 0 saturated carbocycles. The van der Waals surface area contributed by atoms with Crippen LogP contribution < -0.4 is 5.32 Å². The molecule has 1 N–H and O–H groups in total. The van der Waals surface area contributed by atoms with Crippen LogP contribution in [0.2, 0.25) is 0 Å². The second kappa shape index (κ2) is 7.29. The van der Waals surface area contributed by atoms with Gasteiger partial charge < -0.3 is 5.32 Å². The van der Waals surface area contributed by atoms with Gasteiger partial charge in [-0.15, -0.1) is 0 Å². The molecule has 0 saturated heterocycles. The van der Waals surface area contributed by atoms with Crippen molar-refractivity contribution in [2.75, 3.05) is 6.54 Å². The maximum atomic E-state index is 12.3. The summed E-state index contributed by atoms with van der Waals surface area (Å²) in [5.74, 6) is 0. The number of benzene rings is 1. The van der Waals surface area contributed by atoms with E-state index in [1.807, 2.05) is 31.2 Å². The minimum absolute atomic E-state index is 0.165. The van der Waals surface area contributed by atoms with Gasteiger partial charge in [0.2, 0.25) is 0 Å². The quantitative estimate of drug-likeness (QED) is 0.872. The van der Waals surface area contributed by atoms with Crippen molar-refractivity contribution >= 4 is 26.7 Å². The Bertz CT molecular complexity index is 383. The normalized spacial score (nSPS) is 16.5. The maximum absolute atomic E-state index is 12.3. The first-order valence-electron chi connectivity index (χ1n) is 5.94. The number of rotatable bonds is 6. The SMILES string of the molecule is CCNC(C)CC(C)S(=O)c1cccc(Br)c1. The summed E-state index contributed by atoms with van der Waals surface area (Å²) in [5.41, 5.74) is 0. The summed E-state index contributed by atoms with van der Waals surface area (Å²) in [7, 11) is -0.933. The summed E-state index contributed by atoms with van der Waals surface area (Å²) in [6.07, 6.45) is 0.924. The molecule has 17 heavy (non-hydrogen) atoms. The molecule has 3 unspecified atom stereocenters. The highest BCUT2D eigenvalue weighted by Crippen LogP contribution is 2.19. The third kappa shape index (κ3) is 4.90. The van der Waals surface area contributed by atoms with Crippen LogP contribution in [0.25, 0.3) is 0 Å². The zero-order chi connectivity index (χ0) is 12.8. The molecule has 1 rings (SSSR count). The molecule has 0 fully saturated rings. The molecule has 2 nitrogen and oxygen atoms in total. The van der Waals surface area contributed by atoms with Crippen molar-refractivity contribution in [1.82, 2.24) is 5.32 Å². The molecule has 0 heterocycles. The minimum Gasteiger partial charge on any atom is -0.314 e. The van der Waals surface area contributed by atoms with E-state index in [1.54, 1.807) is 0 Å². The van der Waals surface area contributed by atoms with Crippen LogP contribution in [-0.2, 0) is 10.8 Å². The van der Waals surface area contributed by atoms with Gasteiger partial charge >= 0.3 is 0 Å². The fraction of sp³-hybridized carbons (Fsp3) is 0.538. The highest BCUT2D eigenvalue weighted by molar-refractivity contribution is 9.10. The van der Waals surface area contributed by atoms with Crippen LogP contribution in [-0.4, -0.2) is 22.0 Å².